The number of carbonyl (C=O) groups is 1. The Morgan fingerprint density at radius 3 is 2.83 bits per heavy atom. The van der Waals surface area contributed by atoms with Gasteiger partial charge in [0.15, 0.2) is 0 Å². The van der Waals surface area contributed by atoms with Crippen molar-refractivity contribution >= 4 is 15.9 Å². The summed E-state index contributed by atoms with van der Waals surface area (Å²) in [6.07, 6.45) is 1.29. The fourth-order valence-electron chi connectivity index (χ4n) is 2.84. The van der Waals surface area contributed by atoms with Gasteiger partial charge in [0.25, 0.3) is 0 Å². The molecule has 0 radical (unpaired) electrons. The summed E-state index contributed by atoms with van der Waals surface area (Å²) in [7, 11) is -3.29. The second kappa shape index (κ2) is 6.97. The zero-order valence-corrected chi connectivity index (χ0v) is 14.3. The van der Waals surface area contributed by atoms with Crippen LogP contribution in [0.3, 0.4) is 0 Å². The Labute approximate surface area is 136 Å². The molecule has 1 aliphatic heterocycles. The van der Waals surface area contributed by atoms with Gasteiger partial charge in [-0.2, -0.15) is 0 Å². The van der Waals surface area contributed by atoms with Crippen molar-refractivity contribution in [2.45, 2.75) is 33.2 Å². The Hall–Kier alpha value is -1.47. The van der Waals surface area contributed by atoms with Crippen molar-refractivity contribution in [3.05, 3.63) is 35.6 Å². The monoisotopic (exact) mass is 342 g/mol. The maximum Gasteiger partial charge on any atom is 0.227 e. The molecule has 1 N–H and O–H groups in total. The van der Waals surface area contributed by atoms with Gasteiger partial charge in [-0.1, -0.05) is 12.1 Å². The zero-order chi connectivity index (χ0) is 17.1. The van der Waals surface area contributed by atoms with E-state index in [0.29, 0.717) is 24.9 Å². The summed E-state index contributed by atoms with van der Waals surface area (Å²) in [6.45, 7) is 4.27. The SMILES string of the molecule is CCS(=O)(=O)N1CCC[C@](C)(C(=O)NCc2cccc(F)c2)C1. The first kappa shape index (κ1) is 17.9. The predicted molar refractivity (Wildman–Crippen MR) is 86.6 cm³/mol. The molecule has 5 nitrogen and oxygen atoms in total. The summed E-state index contributed by atoms with van der Waals surface area (Å²) in [4.78, 5) is 12.5. The highest BCUT2D eigenvalue weighted by atomic mass is 32.2. The molecule has 128 valence electrons. The Morgan fingerprint density at radius 2 is 2.17 bits per heavy atom. The van der Waals surface area contributed by atoms with E-state index in [4.69, 9.17) is 0 Å². The molecule has 7 heteroatoms. The van der Waals surface area contributed by atoms with E-state index in [1.165, 1.54) is 16.4 Å². The molecule has 0 bridgehead atoms. The molecule has 1 aromatic carbocycles. The molecule has 0 saturated carbocycles. The van der Waals surface area contributed by atoms with E-state index in [0.717, 1.165) is 0 Å². The lowest BCUT2D eigenvalue weighted by molar-refractivity contribution is -0.132. The van der Waals surface area contributed by atoms with Crippen molar-refractivity contribution in [3.8, 4) is 0 Å². The highest BCUT2D eigenvalue weighted by Gasteiger charge is 2.40. The van der Waals surface area contributed by atoms with Crippen molar-refractivity contribution < 1.29 is 17.6 Å². The highest BCUT2D eigenvalue weighted by molar-refractivity contribution is 7.89. The maximum atomic E-state index is 13.2. The molecule has 23 heavy (non-hydrogen) atoms. The van der Waals surface area contributed by atoms with Crippen LogP contribution in [0.4, 0.5) is 4.39 Å². The van der Waals surface area contributed by atoms with Crippen molar-refractivity contribution in [3.63, 3.8) is 0 Å². The number of nitrogens with one attached hydrogen (secondary N) is 1. The Kier molecular flexibility index (Phi) is 5.41. The number of rotatable bonds is 5. The van der Waals surface area contributed by atoms with Gasteiger partial charge in [-0.05, 0) is 44.4 Å². The van der Waals surface area contributed by atoms with Gasteiger partial charge >= 0.3 is 0 Å². The van der Waals surface area contributed by atoms with Crippen LogP contribution in [0.1, 0.15) is 32.3 Å². The minimum absolute atomic E-state index is 0.0357. The summed E-state index contributed by atoms with van der Waals surface area (Å²) in [5.74, 6) is -0.507. The van der Waals surface area contributed by atoms with Gasteiger partial charge in [-0.15, -0.1) is 0 Å². The quantitative estimate of drug-likeness (QED) is 0.889. The largest absolute Gasteiger partial charge is 0.352 e. The molecule has 0 unspecified atom stereocenters. The number of nitrogens with zero attached hydrogens (tertiary/aromatic N) is 1. The second-order valence-corrected chi connectivity index (χ2v) is 8.47. The van der Waals surface area contributed by atoms with Gasteiger partial charge in [-0.25, -0.2) is 17.1 Å². The van der Waals surface area contributed by atoms with E-state index in [1.54, 1.807) is 26.0 Å². The molecular weight excluding hydrogens is 319 g/mol. The summed E-state index contributed by atoms with van der Waals surface area (Å²) in [5, 5.41) is 2.80. The van der Waals surface area contributed by atoms with Crippen LogP contribution < -0.4 is 5.32 Å². The minimum atomic E-state index is -3.29. The molecule has 1 aromatic rings. The van der Waals surface area contributed by atoms with Gasteiger partial charge in [0.1, 0.15) is 5.82 Å². The molecule has 1 saturated heterocycles. The van der Waals surface area contributed by atoms with E-state index in [-0.39, 0.29) is 30.6 Å². The fourth-order valence-corrected chi connectivity index (χ4v) is 4.09. The van der Waals surface area contributed by atoms with Gasteiger partial charge in [-0.3, -0.25) is 4.79 Å². The van der Waals surface area contributed by atoms with E-state index in [9.17, 15) is 17.6 Å². The van der Waals surface area contributed by atoms with Crippen LogP contribution in [0.5, 0.6) is 0 Å². The molecule has 1 heterocycles. The standard InChI is InChI=1S/C16H23FN2O3S/c1-3-23(21,22)19-9-5-8-16(2,12-19)15(20)18-11-13-6-4-7-14(17)10-13/h4,6-7,10H,3,5,8-9,11-12H2,1-2H3,(H,18,20)/t16-/m0/s1. The van der Waals surface area contributed by atoms with Gasteiger partial charge < -0.3 is 5.32 Å². The van der Waals surface area contributed by atoms with E-state index in [2.05, 4.69) is 5.32 Å². The molecule has 0 aliphatic carbocycles. The van der Waals surface area contributed by atoms with Crippen LogP contribution in [0, 0.1) is 11.2 Å². The van der Waals surface area contributed by atoms with Crippen LogP contribution in [0.15, 0.2) is 24.3 Å². The van der Waals surface area contributed by atoms with E-state index in [1.807, 2.05) is 0 Å². The fraction of sp³-hybridized carbons (Fsp3) is 0.562. The molecular formula is C16H23FN2O3S. The molecule has 0 aromatic heterocycles. The van der Waals surface area contributed by atoms with Gasteiger partial charge in [0.2, 0.25) is 15.9 Å². The van der Waals surface area contributed by atoms with Crippen LogP contribution in [0.2, 0.25) is 0 Å². The molecule has 1 amide bonds. The normalized spacial score (nSPS) is 22.7. The molecule has 1 fully saturated rings. The first-order chi connectivity index (χ1) is 10.8. The average Bonchev–Trinajstić information content (AvgIpc) is 2.52. The lowest BCUT2D eigenvalue weighted by atomic mass is 9.82. The van der Waals surface area contributed by atoms with Crippen LogP contribution >= 0.6 is 0 Å². The highest BCUT2D eigenvalue weighted by Crippen LogP contribution is 2.31. The minimum Gasteiger partial charge on any atom is -0.352 e. The zero-order valence-electron chi connectivity index (χ0n) is 13.5. The summed E-state index contributed by atoms with van der Waals surface area (Å²) in [5.41, 5.74) is -0.0795. The number of hydrogen-bond acceptors (Lipinski definition) is 3. The number of hydrogen-bond donors (Lipinski definition) is 1. The van der Waals surface area contributed by atoms with Gasteiger partial charge in [0.05, 0.1) is 11.2 Å². The summed E-state index contributed by atoms with van der Waals surface area (Å²) < 4.78 is 38.6. The lowest BCUT2D eigenvalue weighted by Gasteiger charge is -2.38. The average molecular weight is 342 g/mol. The van der Waals surface area contributed by atoms with Gasteiger partial charge in [0, 0.05) is 19.6 Å². The van der Waals surface area contributed by atoms with Crippen LogP contribution in [-0.4, -0.2) is 37.5 Å². The molecule has 1 aliphatic rings. The lowest BCUT2D eigenvalue weighted by Crippen LogP contribution is -2.52. The predicted octanol–water partition coefficient (Wildman–Crippen LogP) is 1.89. The molecule has 2 rings (SSSR count). The molecule has 1 atom stereocenters. The topological polar surface area (TPSA) is 66.5 Å². The number of halogens is 1. The third kappa shape index (κ3) is 4.29. The third-order valence-corrected chi connectivity index (χ3v) is 6.14. The van der Waals surface area contributed by atoms with Crippen LogP contribution in [-0.2, 0) is 21.4 Å². The number of benzene rings is 1. The maximum absolute atomic E-state index is 13.2. The van der Waals surface area contributed by atoms with Crippen LogP contribution in [0.25, 0.3) is 0 Å². The van der Waals surface area contributed by atoms with E-state index >= 15 is 0 Å². The number of sulfonamides is 1. The Morgan fingerprint density at radius 1 is 1.43 bits per heavy atom. The van der Waals surface area contributed by atoms with Crippen molar-refractivity contribution in [1.82, 2.24) is 9.62 Å². The third-order valence-electron chi connectivity index (χ3n) is 4.31. The number of carbonyl (C=O) groups excluding carboxylic acids is 1. The summed E-state index contributed by atoms with van der Waals surface area (Å²) >= 11 is 0. The first-order valence-corrected chi connectivity index (χ1v) is 9.38. The Balaban J connectivity index is 2.02. The Bertz CT molecular complexity index is 678. The summed E-state index contributed by atoms with van der Waals surface area (Å²) in [6, 6.07) is 6.05. The second-order valence-electron chi connectivity index (χ2n) is 6.21. The van der Waals surface area contributed by atoms with Crippen molar-refractivity contribution in [2.75, 3.05) is 18.8 Å². The first-order valence-electron chi connectivity index (χ1n) is 7.77. The van der Waals surface area contributed by atoms with Crippen molar-refractivity contribution in [1.29, 1.82) is 0 Å². The van der Waals surface area contributed by atoms with Crippen molar-refractivity contribution in [2.24, 2.45) is 5.41 Å². The number of amides is 1. The number of piperidine rings is 1. The molecule has 0 spiro atoms. The smallest absolute Gasteiger partial charge is 0.227 e. The van der Waals surface area contributed by atoms with E-state index < -0.39 is 15.4 Å².